The van der Waals surface area contributed by atoms with Crippen LogP contribution >= 0.6 is 0 Å². The highest BCUT2D eigenvalue weighted by molar-refractivity contribution is 5.77. The third-order valence-corrected chi connectivity index (χ3v) is 4.21. The molecule has 0 amide bonds. The Morgan fingerprint density at radius 2 is 1.75 bits per heavy atom. The molecule has 0 aliphatic heterocycles. The molecule has 0 unspecified atom stereocenters. The van der Waals surface area contributed by atoms with Crippen molar-refractivity contribution in [3.05, 3.63) is 0 Å². The molecule has 2 aliphatic carbocycles. The van der Waals surface area contributed by atoms with Crippen molar-refractivity contribution >= 4 is 5.97 Å². The zero-order chi connectivity index (χ0) is 11.4. The van der Waals surface area contributed by atoms with Crippen LogP contribution in [0, 0.1) is 5.41 Å². The molecule has 3 nitrogen and oxygen atoms in total. The first kappa shape index (κ1) is 11.9. The minimum atomic E-state index is -0.355. The van der Waals surface area contributed by atoms with Crippen molar-refractivity contribution in [3.8, 4) is 0 Å². The van der Waals surface area contributed by atoms with Gasteiger partial charge < -0.3 is 10.5 Å². The van der Waals surface area contributed by atoms with E-state index in [1.165, 1.54) is 19.3 Å². The molecule has 0 aromatic carbocycles. The van der Waals surface area contributed by atoms with Crippen molar-refractivity contribution in [1.82, 2.24) is 0 Å². The van der Waals surface area contributed by atoms with Crippen LogP contribution in [0.4, 0.5) is 0 Å². The van der Waals surface area contributed by atoms with Crippen LogP contribution in [0.1, 0.15) is 57.8 Å². The van der Waals surface area contributed by atoms with E-state index < -0.39 is 0 Å². The maximum atomic E-state index is 12.2. The van der Waals surface area contributed by atoms with Crippen LogP contribution in [0.2, 0.25) is 0 Å². The average Bonchev–Trinajstić information content (AvgIpc) is 2.49. The molecular formula is C13H23NO2. The summed E-state index contributed by atoms with van der Waals surface area (Å²) in [6.07, 6.45) is 10.1. The first-order valence-corrected chi connectivity index (χ1v) is 6.68. The van der Waals surface area contributed by atoms with E-state index in [9.17, 15) is 4.79 Å². The maximum Gasteiger partial charge on any atom is 0.313 e. The lowest BCUT2D eigenvalue weighted by Crippen LogP contribution is -2.42. The summed E-state index contributed by atoms with van der Waals surface area (Å²) in [7, 11) is 0. The van der Waals surface area contributed by atoms with Gasteiger partial charge in [0, 0.05) is 6.54 Å². The van der Waals surface area contributed by atoms with Gasteiger partial charge >= 0.3 is 5.97 Å². The van der Waals surface area contributed by atoms with Gasteiger partial charge in [0.15, 0.2) is 0 Å². The van der Waals surface area contributed by atoms with E-state index in [4.69, 9.17) is 10.5 Å². The molecule has 0 atom stereocenters. The number of esters is 1. The number of carbonyl (C=O) groups excluding carboxylic acids is 1. The number of nitrogens with two attached hydrogens (primary N) is 1. The van der Waals surface area contributed by atoms with Crippen molar-refractivity contribution in [1.29, 1.82) is 0 Å². The van der Waals surface area contributed by atoms with Crippen LogP contribution in [0.5, 0.6) is 0 Å². The van der Waals surface area contributed by atoms with Gasteiger partial charge in [-0.05, 0) is 32.1 Å². The van der Waals surface area contributed by atoms with Gasteiger partial charge in [0.2, 0.25) is 0 Å². The molecule has 3 heteroatoms. The summed E-state index contributed by atoms with van der Waals surface area (Å²) in [6.45, 7) is 0.457. The Labute approximate surface area is 97.7 Å². The number of carbonyl (C=O) groups is 1. The highest BCUT2D eigenvalue weighted by Gasteiger charge is 2.40. The summed E-state index contributed by atoms with van der Waals surface area (Å²) in [6, 6.07) is 0. The van der Waals surface area contributed by atoms with Crippen molar-refractivity contribution in [2.75, 3.05) is 6.54 Å². The van der Waals surface area contributed by atoms with E-state index in [0.29, 0.717) is 6.54 Å². The molecule has 2 fully saturated rings. The summed E-state index contributed by atoms with van der Waals surface area (Å²) in [5.74, 6) is -0.0124. The van der Waals surface area contributed by atoms with E-state index in [2.05, 4.69) is 0 Å². The van der Waals surface area contributed by atoms with Crippen LogP contribution in [0.25, 0.3) is 0 Å². The molecule has 92 valence electrons. The van der Waals surface area contributed by atoms with Crippen LogP contribution < -0.4 is 5.73 Å². The van der Waals surface area contributed by atoms with Gasteiger partial charge in [-0.25, -0.2) is 0 Å². The van der Waals surface area contributed by atoms with E-state index in [0.717, 1.165) is 38.5 Å². The van der Waals surface area contributed by atoms with E-state index in [-0.39, 0.29) is 17.5 Å². The molecule has 2 rings (SSSR count). The zero-order valence-corrected chi connectivity index (χ0v) is 10.0. The SMILES string of the molecule is NCC1(C(=O)OC2CCC2)CCCCCC1. The van der Waals surface area contributed by atoms with Crippen LogP contribution in [0.3, 0.4) is 0 Å². The lowest BCUT2D eigenvalue weighted by Gasteiger charge is -2.33. The first-order chi connectivity index (χ1) is 7.77. The second-order valence-corrected chi connectivity index (χ2v) is 5.36. The fraction of sp³-hybridized carbons (Fsp3) is 0.923. The molecule has 0 radical (unpaired) electrons. The van der Waals surface area contributed by atoms with Crippen molar-refractivity contribution in [2.45, 2.75) is 63.9 Å². The molecule has 2 N–H and O–H groups in total. The quantitative estimate of drug-likeness (QED) is 0.592. The first-order valence-electron chi connectivity index (χ1n) is 6.68. The molecule has 0 spiro atoms. The topological polar surface area (TPSA) is 52.3 Å². The Balaban J connectivity index is 1.96. The Kier molecular flexibility index (Phi) is 3.85. The molecule has 16 heavy (non-hydrogen) atoms. The summed E-state index contributed by atoms with van der Waals surface area (Å²) in [4.78, 5) is 12.2. The van der Waals surface area contributed by atoms with E-state index in [1.807, 2.05) is 0 Å². The minimum Gasteiger partial charge on any atom is -0.462 e. The highest BCUT2D eigenvalue weighted by atomic mass is 16.5. The van der Waals surface area contributed by atoms with Crippen molar-refractivity contribution in [3.63, 3.8) is 0 Å². The third kappa shape index (κ3) is 2.40. The fourth-order valence-electron chi connectivity index (χ4n) is 2.66. The monoisotopic (exact) mass is 225 g/mol. The molecular weight excluding hydrogens is 202 g/mol. The largest absolute Gasteiger partial charge is 0.462 e. The Morgan fingerprint density at radius 1 is 1.12 bits per heavy atom. The lowest BCUT2D eigenvalue weighted by molar-refractivity contribution is -0.166. The Bertz CT molecular complexity index is 240. The summed E-state index contributed by atoms with van der Waals surface area (Å²) < 4.78 is 5.56. The minimum absolute atomic E-state index is 0.0124. The van der Waals surface area contributed by atoms with Crippen molar-refractivity contribution in [2.24, 2.45) is 11.1 Å². The predicted octanol–water partition coefficient (Wildman–Crippen LogP) is 2.38. The number of ether oxygens (including phenoxy) is 1. The molecule has 0 heterocycles. The third-order valence-electron chi connectivity index (χ3n) is 4.21. The number of rotatable bonds is 3. The Morgan fingerprint density at radius 3 is 2.19 bits per heavy atom. The molecule has 0 saturated heterocycles. The standard InChI is InChI=1S/C13H23NO2/c14-10-13(8-3-1-2-4-9-13)12(15)16-11-6-5-7-11/h11H,1-10,14H2. The normalized spacial score (nSPS) is 25.6. The van der Waals surface area contributed by atoms with Crippen molar-refractivity contribution < 1.29 is 9.53 Å². The summed E-state index contributed by atoms with van der Waals surface area (Å²) in [5, 5.41) is 0. The number of hydrogen-bond donors (Lipinski definition) is 1. The summed E-state index contributed by atoms with van der Waals surface area (Å²) in [5.41, 5.74) is 5.49. The van der Waals surface area contributed by atoms with Gasteiger partial charge in [-0.2, -0.15) is 0 Å². The van der Waals surface area contributed by atoms with Gasteiger partial charge in [-0.15, -0.1) is 0 Å². The predicted molar refractivity (Wildman–Crippen MR) is 62.9 cm³/mol. The lowest BCUT2D eigenvalue weighted by atomic mass is 9.80. The van der Waals surface area contributed by atoms with Gasteiger partial charge in [0.05, 0.1) is 5.41 Å². The van der Waals surface area contributed by atoms with Crippen LogP contribution in [-0.2, 0) is 9.53 Å². The maximum absolute atomic E-state index is 12.2. The molecule has 0 aromatic heterocycles. The van der Waals surface area contributed by atoms with Crippen LogP contribution in [-0.4, -0.2) is 18.6 Å². The average molecular weight is 225 g/mol. The highest BCUT2D eigenvalue weighted by Crippen LogP contribution is 2.37. The second-order valence-electron chi connectivity index (χ2n) is 5.36. The van der Waals surface area contributed by atoms with E-state index >= 15 is 0 Å². The van der Waals surface area contributed by atoms with E-state index in [1.54, 1.807) is 0 Å². The molecule has 2 aliphatic rings. The smallest absolute Gasteiger partial charge is 0.313 e. The van der Waals surface area contributed by atoms with Crippen LogP contribution in [0.15, 0.2) is 0 Å². The van der Waals surface area contributed by atoms with Gasteiger partial charge in [0.25, 0.3) is 0 Å². The molecule has 0 bridgehead atoms. The zero-order valence-electron chi connectivity index (χ0n) is 10.0. The molecule has 0 aromatic rings. The number of hydrogen-bond acceptors (Lipinski definition) is 3. The fourth-order valence-corrected chi connectivity index (χ4v) is 2.66. The molecule has 2 saturated carbocycles. The Hall–Kier alpha value is -0.570. The van der Waals surface area contributed by atoms with Gasteiger partial charge in [0.1, 0.15) is 6.10 Å². The van der Waals surface area contributed by atoms with Gasteiger partial charge in [-0.1, -0.05) is 25.7 Å². The summed E-state index contributed by atoms with van der Waals surface area (Å²) >= 11 is 0. The second kappa shape index (κ2) is 5.17. The van der Waals surface area contributed by atoms with Gasteiger partial charge in [-0.3, -0.25) is 4.79 Å².